The molecule has 4 nitrogen and oxygen atoms in total. The Morgan fingerprint density at radius 2 is 1.31 bits per heavy atom. The van der Waals surface area contributed by atoms with Gasteiger partial charge in [0.1, 0.15) is 0 Å². The minimum absolute atomic E-state index is 0. The SMILES string of the molecule is Cc1cc(C)c(C)c(C)c1.Cc1ccc(C)c(S(=O)(=O)Nc2ccc3nc(C)sc3c2)c1.Cc1ccccc1.[HH].[HH]. The van der Waals surface area contributed by atoms with Gasteiger partial charge in [0, 0.05) is 2.85 Å². The van der Waals surface area contributed by atoms with Crippen molar-refractivity contribution >= 4 is 37.3 Å². The van der Waals surface area contributed by atoms with Gasteiger partial charge in [0.15, 0.2) is 0 Å². The van der Waals surface area contributed by atoms with Gasteiger partial charge in [0.05, 0.1) is 25.8 Å². The van der Waals surface area contributed by atoms with Crippen molar-refractivity contribution in [1.29, 1.82) is 0 Å². The van der Waals surface area contributed by atoms with Crippen LogP contribution in [0.3, 0.4) is 0 Å². The zero-order valence-corrected chi connectivity index (χ0v) is 25.7. The highest BCUT2D eigenvalue weighted by molar-refractivity contribution is 7.92. The molecule has 0 atom stereocenters. The van der Waals surface area contributed by atoms with Gasteiger partial charge < -0.3 is 0 Å². The van der Waals surface area contributed by atoms with Crippen molar-refractivity contribution in [3.63, 3.8) is 0 Å². The Morgan fingerprint density at radius 1 is 0.667 bits per heavy atom. The average Bonchev–Trinajstić information content (AvgIpc) is 3.24. The third kappa shape index (κ3) is 8.50. The highest BCUT2D eigenvalue weighted by Gasteiger charge is 2.17. The summed E-state index contributed by atoms with van der Waals surface area (Å²) in [6.45, 7) is 16.3. The van der Waals surface area contributed by atoms with Gasteiger partial charge in [-0.25, -0.2) is 13.4 Å². The first kappa shape index (κ1) is 30.1. The molecule has 5 aromatic rings. The molecule has 1 aromatic heterocycles. The van der Waals surface area contributed by atoms with Crippen molar-refractivity contribution in [2.45, 2.75) is 60.3 Å². The fourth-order valence-electron chi connectivity index (χ4n) is 4.10. The van der Waals surface area contributed by atoms with Crippen LogP contribution in [-0.2, 0) is 10.0 Å². The minimum atomic E-state index is -3.59. The lowest BCUT2D eigenvalue weighted by Crippen LogP contribution is -2.14. The van der Waals surface area contributed by atoms with E-state index >= 15 is 0 Å². The van der Waals surface area contributed by atoms with Crippen LogP contribution in [0.4, 0.5) is 5.69 Å². The summed E-state index contributed by atoms with van der Waals surface area (Å²) in [7, 11) is -3.59. The van der Waals surface area contributed by atoms with E-state index in [9.17, 15) is 8.42 Å². The summed E-state index contributed by atoms with van der Waals surface area (Å²) in [6.07, 6.45) is 0. The average molecular weight is 563 g/mol. The summed E-state index contributed by atoms with van der Waals surface area (Å²) in [5.74, 6) is 0. The van der Waals surface area contributed by atoms with Gasteiger partial charge in [-0.1, -0.05) is 65.7 Å². The van der Waals surface area contributed by atoms with E-state index in [1.54, 1.807) is 30.4 Å². The number of hydrogen-bond acceptors (Lipinski definition) is 4. The number of nitrogens with one attached hydrogen (secondary N) is 1. The summed E-state index contributed by atoms with van der Waals surface area (Å²) in [5.41, 5.74) is 9.99. The molecule has 5 rings (SSSR count). The van der Waals surface area contributed by atoms with E-state index < -0.39 is 10.0 Å². The monoisotopic (exact) mass is 562 g/mol. The minimum Gasteiger partial charge on any atom is -0.280 e. The first-order valence-corrected chi connectivity index (χ1v) is 15.2. The lowest BCUT2D eigenvalue weighted by atomic mass is 10.0. The Balaban J connectivity index is 0.000000367. The topological polar surface area (TPSA) is 59.1 Å². The summed E-state index contributed by atoms with van der Waals surface area (Å²) in [4.78, 5) is 4.69. The van der Waals surface area contributed by atoms with Gasteiger partial charge in [-0.15, -0.1) is 11.3 Å². The predicted molar refractivity (Wildman–Crippen MR) is 172 cm³/mol. The fraction of sp³-hybridized carbons (Fsp3) is 0.242. The first-order chi connectivity index (χ1) is 18.4. The summed E-state index contributed by atoms with van der Waals surface area (Å²) < 4.78 is 28.8. The second-order valence-corrected chi connectivity index (χ2v) is 12.9. The Labute approximate surface area is 240 Å². The maximum atomic E-state index is 12.6. The number of anilines is 1. The van der Waals surface area contributed by atoms with Crippen molar-refractivity contribution < 1.29 is 11.3 Å². The number of sulfonamides is 1. The van der Waals surface area contributed by atoms with Gasteiger partial charge in [-0.05, 0) is 107 Å². The number of aryl methyl sites for hydroxylation is 7. The van der Waals surface area contributed by atoms with Crippen LogP contribution >= 0.6 is 11.3 Å². The van der Waals surface area contributed by atoms with Crippen LogP contribution in [0.2, 0.25) is 0 Å². The molecule has 0 radical (unpaired) electrons. The molecule has 0 fully saturated rings. The number of benzene rings is 4. The maximum absolute atomic E-state index is 12.6. The molecule has 4 aromatic carbocycles. The number of rotatable bonds is 3. The zero-order valence-electron chi connectivity index (χ0n) is 24.1. The molecule has 6 heteroatoms. The molecule has 0 amide bonds. The van der Waals surface area contributed by atoms with Crippen molar-refractivity contribution in [3.8, 4) is 0 Å². The van der Waals surface area contributed by atoms with Crippen LogP contribution in [0.5, 0.6) is 0 Å². The lowest BCUT2D eigenvalue weighted by Gasteiger charge is -2.11. The van der Waals surface area contributed by atoms with Gasteiger partial charge in [-0.3, -0.25) is 4.72 Å². The Kier molecular flexibility index (Phi) is 10.1. The molecule has 0 aliphatic rings. The van der Waals surface area contributed by atoms with Crippen LogP contribution < -0.4 is 4.72 Å². The van der Waals surface area contributed by atoms with Crippen LogP contribution in [-0.4, -0.2) is 13.4 Å². The van der Waals surface area contributed by atoms with Gasteiger partial charge in [-0.2, -0.15) is 0 Å². The molecule has 0 unspecified atom stereocenters. The molecule has 0 saturated heterocycles. The Bertz CT molecular complexity index is 1660. The highest BCUT2D eigenvalue weighted by Crippen LogP contribution is 2.27. The quantitative estimate of drug-likeness (QED) is 0.238. The normalized spacial score (nSPS) is 10.8. The molecule has 0 saturated carbocycles. The molecule has 1 heterocycles. The Hall–Kier alpha value is -3.48. The third-order valence-electron chi connectivity index (χ3n) is 6.39. The van der Waals surface area contributed by atoms with Crippen molar-refractivity contribution in [1.82, 2.24) is 4.98 Å². The fourth-order valence-corrected chi connectivity index (χ4v) is 6.34. The zero-order chi connectivity index (χ0) is 28.7. The van der Waals surface area contributed by atoms with Crippen molar-refractivity contribution in [2.75, 3.05) is 4.72 Å². The van der Waals surface area contributed by atoms with Crippen molar-refractivity contribution in [3.05, 3.63) is 123 Å². The van der Waals surface area contributed by atoms with E-state index in [2.05, 4.69) is 68.6 Å². The predicted octanol–water partition coefficient (Wildman–Crippen LogP) is 9.43. The molecule has 208 valence electrons. The van der Waals surface area contributed by atoms with E-state index in [0.29, 0.717) is 10.6 Å². The lowest BCUT2D eigenvalue weighted by molar-refractivity contribution is 0.600. The van der Waals surface area contributed by atoms with Crippen LogP contribution in [0.25, 0.3) is 10.2 Å². The van der Waals surface area contributed by atoms with E-state index in [4.69, 9.17) is 0 Å². The molecule has 0 bridgehead atoms. The molecule has 0 aliphatic carbocycles. The smallest absolute Gasteiger partial charge is 0.262 e. The van der Waals surface area contributed by atoms with E-state index in [1.807, 2.05) is 56.3 Å². The first-order valence-electron chi connectivity index (χ1n) is 12.9. The molecular weight excluding hydrogens is 521 g/mol. The molecule has 0 aliphatic heterocycles. The number of nitrogens with zero attached hydrogens (tertiary/aromatic N) is 1. The maximum Gasteiger partial charge on any atom is 0.262 e. The number of aromatic nitrogens is 1. The van der Waals surface area contributed by atoms with Gasteiger partial charge in [0.2, 0.25) is 0 Å². The highest BCUT2D eigenvalue weighted by atomic mass is 32.2. The molecular formula is C33H42N2O2S2. The Morgan fingerprint density at radius 3 is 1.90 bits per heavy atom. The van der Waals surface area contributed by atoms with E-state index in [0.717, 1.165) is 26.4 Å². The van der Waals surface area contributed by atoms with Gasteiger partial charge in [0.25, 0.3) is 10.0 Å². The standard InChI is InChI=1S/C16H16N2O2S2.C10H14.C7H8.2H2/c1-10-4-5-11(2)16(8-10)22(19,20)18-13-6-7-14-15(9-13)21-12(3)17-14;1-7-5-8(2)10(4)9(3)6-7;1-7-5-3-2-4-6-7;;/h4-9,18H,1-3H3;5-6H,1-4H3;2-6H,1H3;2*1H. The van der Waals surface area contributed by atoms with Crippen LogP contribution in [0, 0.1) is 55.4 Å². The van der Waals surface area contributed by atoms with Crippen LogP contribution in [0.15, 0.2) is 83.8 Å². The summed E-state index contributed by atoms with van der Waals surface area (Å²) >= 11 is 1.55. The molecule has 0 spiro atoms. The molecule has 39 heavy (non-hydrogen) atoms. The molecule has 1 N–H and O–H groups in total. The second-order valence-electron chi connectivity index (χ2n) is 9.97. The number of hydrogen-bond donors (Lipinski definition) is 1. The number of fused-ring (bicyclic) bond motifs is 1. The van der Waals surface area contributed by atoms with Crippen molar-refractivity contribution in [2.24, 2.45) is 0 Å². The summed E-state index contributed by atoms with van der Waals surface area (Å²) in [5, 5.41) is 0.963. The summed E-state index contributed by atoms with van der Waals surface area (Å²) in [6, 6.07) is 25.5. The second kappa shape index (κ2) is 13.0. The van der Waals surface area contributed by atoms with E-state index in [1.165, 1.54) is 27.8 Å². The van der Waals surface area contributed by atoms with Gasteiger partial charge >= 0.3 is 0 Å². The van der Waals surface area contributed by atoms with Crippen LogP contribution in [0.1, 0.15) is 46.8 Å². The van der Waals surface area contributed by atoms with E-state index in [-0.39, 0.29) is 2.85 Å². The number of thiazole rings is 1. The largest absolute Gasteiger partial charge is 0.280 e. The third-order valence-corrected chi connectivity index (χ3v) is 8.85.